The van der Waals surface area contributed by atoms with Gasteiger partial charge in [-0.1, -0.05) is 215 Å². The van der Waals surface area contributed by atoms with Gasteiger partial charge in [-0.15, -0.1) is 0 Å². The smallest absolute Gasteiger partial charge is 0.339 e. The van der Waals surface area contributed by atoms with Gasteiger partial charge in [-0.3, -0.25) is 0 Å². The van der Waals surface area contributed by atoms with Crippen LogP contribution in [0.3, 0.4) is 0 Å². The van der Waals surface area contributed by atoms with Gasteiger partial charge < -0.3 is 14.2 Å². The predicted octanol–water partition coefficient (Wildman–Crippen LogP) is 15.8. The summed E-state index contributed by atoms with van der Waals surface area (Å²) in [6.45, 7) is 14.7. The van der Waals surface area contributed by atoms with Crippen molar-refractivity contribution in [3.63, 3.8) is 0 Å². The lowest BCUT2D eigenvalue weighted by Gasteiger charge is -2.12. The molecule has 0 saturated carbocycles. The van der Waals surface area contributed by atoms with Crippen molar-refractivity contribution in [2.75, 3.05) is 19.8 Å². The quantitative estimate of drug-likeness (QED) is 0.0375. The zero-order valence-electron chi connectivity index (χ0n) is 38.2. The highest BCUT2D eigenvalue weighted by Crippen LogP contribution is 2.19. The van der Waals surface area contributed by atoms with E-state index in [1.165, 1.54) is 147 Å². The summed E-state index contributed by atoms with van der Waals surface area (Å²) in [5.74, 6) is 0.768. The van der Waals surface area contributed by atoms with Crippen molar-refractivity contribution in [3.8, 4) is 0 Å². The summed E-state index contributed by atoms with van der Waals surface area (Å²) in [7, 11) is 0. The summed E-state index contributed by atoms with van der Waals surface area (Å²) < 4.78 is 16.9. The van der Waals surface area contributed by atoms with E-state index in [4.69, 9.17) is 14.2 Å². The van der Waals surface area contributed by atoms with Crippen molar-refractivity contribution in [3.05, 3.63) is 34.9 Å². The van der Waals surface area contributed by atoms with Crippen LogP contribution in [0.5, 0.6) is 0 Å². The van der Waals surface area contributed by atoms with Crippen LogP contribution in [-0.2, 0) is 14.2 Å². The Morgan fingerprint density at radius 1 is 0.351 bits per heavy atom. The first-order chi connectivity index (χ1) is 27.6. The SMILES string of the molecule is CC(C)CCCCCCCCCCCOC(=O)c1ccc(C(=O)OCCCCCCCCCCCC(C)C)c(C(=O)OCCCCCCCCCCCC(C)C)c1. The summed E-state index contributed by atoms with van der Waals surface area (Å²) >= 11 is 0. The highest BCUT2D eigenvalue weighted by Gasteiger charge is 2.22. The van der Waals surface area contributed by atoms with Crippen LogP contribution < -0.4 is 0 Å². The lowest BCUT2D eigenvalue weighted by Crippen LogP contribution is -2.17. The Bertz CT molecular complexity index is 1120. The molecule has 0 atom stereocenters. The van der Waals surface area contributed by atoms with Gasteiger partial charge in [-0.2, -0.15) is 0 Å². The number of rotatable bonds is 39. The molecule has 0 fully saturated rings. The zero-order valence-corrected chi connectivity index (χ0v) is 38.2. The van der Waals surface area contributed by atoms with Gasteiger partial charge in [0.25, 0.3) is 0 Å². The van der Waals surface area contributed by atoms with Crippen molar-refractivity contribution in [2.24, 2.45) is 17.8 Å². The van der Waals surface area contributed by atoms with Gasteiger partial charge in [-0.05, 0) is 55.2 Å². The minimum atomic E-state index is -0.595. The van der Waals surface area contributed by atoms with Crippen LogP contribution in [0.4, 0.5) is 0 Å². The number of carbonyl (C=O) groups is 3. The normalized spacial score (nSPS) is 11.5. The largest absolute Gasteiger partial charge is 0.462 e. The van der Waals surface area contributed by atoms with Crippen LogP contribution in [-0.4, -0.2) is 37.7 Å². The van der Waals surface area contributed by atoms with Crippen LogP contribution in [0.1, 0.15) is 265 Å². The maximum absolute atomic E-state index is 13.3. The third-order valence-electron chi connectivity index (χ3n) is 11.2. The van der Waals surface area contributed by atoms with Crippen LogP contribution >= 0.6 is 0 Å². The molecule has 0 bridgehead atoms. The monoisotopic (exact) mass is 799 g/mol. The Morgan fingerprint density at radius 3 is 0.930 bits per heavy atom. The van der Waals surface area contributed by atoms with Crippen LogP contribution in [0, 0.1) is 17.8 Å². The molecule has 1 rings (SSSR count). The van der Waals surface area contributed by atoms with Gasteiger partial charge in [0.05, 0.1) is 36.5 Å². The maximum Gasteiger partial charge on any atom is 0.339 e. The van der Waals surface area contributed by atoms with Gasteiger partial charge >= 0.3 is 17.9 Å². The molecule has 57 heavy (non-hydrogen) atoms. The van der Waals surface area contributed by atoms with E-state index in [1.54, 1.807) is 6.07 Å². The molecule has 6 heteroatoms. The van der Waals surface area contributed by atoms with Crippen molar-refractivity contribution in [1.29, 1.82) is 0 Å². The van der Waals surface area contributed by atoms with E-state index in [0.717, 1.165) is 75.5 Å². The Balaban J connectivity index is 2.52. The molecular weight excluding hydrogens is 709 g/mol. The number of ether oxygens (including phenoxy) is 3. The van der Waals surface area contributed by atoms with Crippen LogP contribution in [0.2, 0.25) is 0 Å². The van der Waals surface area contributed by atoms with Gasteiger partial charge in [0.2, 0.25) is 0 Å². The minimum Gasteiger partial charge on any atom is -0.462 e. The van der Waals surface area contributed by atoms with Gasteiger partial charge in [-0.25, -0.2) is 14.4 Å². The van der Waals surface area contributed by atoms with E-state index >= 15 is 0 Å². The zero-order chi connectivity index (χ0) is 41.8. The van der Waals surface area contributed by atoms with Crippen molar-refractivity contribution in [1.82, 2.24) is 0 Å². The van der Waals surface area contributed by atoms with Gasteiger partial charge in [0.15, 0.2) is 0 Å². The highest BCUT2D eigenvalue weighted by atomic mass is 16.5. The number of unbranched alkanes of at least 4 members (excludes halogenated alkanes) is 24. The molecule has 1 aromatic rings. The molecule has 1 aromatic carbocycles. The summed E-state index contributed by atoms with van der Waals surface area (Å²) in [5.41, 5.74) is 0.465. The van der Waals surface area contributed by atoms with E-state index < -0.39 is 17.9 Å². The first kappa shape index (κ1) is 52.6. The second kappa shape index (κ2) is 36.7. The molecular formula is C51H90O6. The van der Waals surface area contributed by atoms with Crippen LogP contribution in [0.25, 0.3) is 0 Å². The number of esters is 3. The summed E-state index contributed by atoms with van der Waals surface area (Å²) in [6, 6.07) is 4.53. The second-order valence-corrected chi connectivity index (χ2v) is 18.3. The molecule has 330 valence electrons. The Labute approximate surface area is 352 Å². The van der Waals surface area contributed by atoms with E-state index in [9.17, 15) is 14.4 Å². The molecule has 0 aromatic heterocycles. The fourth-order valence-electron chi connectivity index (χ4n) is 7.43. The average Bonchev–Trinajstić information content (AvgIpc) is 3.18. The lowest BCUT2D eigenvalue weighted by atomic mass is 10.0. The molecule has 6 nitrogen and oxygen atoms in total. The van der Waals surface area contributed by atoms with Crippen LogP contribution in [0.15, 0.2) is 18.2 Å². The third-order valence-corrected chi connectivity index (χ3v) is 11.2. The number of benzene rings is 1. The average molecular weight is 799 g/mol. The first-order valence-corrected chi connectivity index (χ1v) is 24.3. The Morgan fingerprint density at radius 2 is 0.614 bits per heavy atom. The van der Waals surface area contributed by atoms with Crippen molar-refractivity contribution >= 4 is 17.9 Å². The van der Waals surface area contributed by atoms with Gasteiger partial charge in [0, 0.05) is 0 Å². The van der Waals surface area contributed by atoms with E-state index in [1.807, 2.05) is 0 Å². The highest BCUT2D eigenvalue weighted by molar-refractivity contribution is 6.05. The summed E-state index contributed by atoms with van der Waals surface area (Å²) in [4.78, 5) is 39.6. The predicted molar refractivity (Wildman–Crippen MR) is 240 cm³/mol. The van der Waals surface area contributed by atoms with E-state index in [0.29, 0.717) is 13.2 Å². The standard InChI is InChI=1S/C51H90O6/c1-43(2)34-28-22-16-10-7-13-19-25-31-39-55-49(52)46-37-38-47(50(53)56-40-32-26-20-14-8-11-17-23-29-35-44(3)4)48(42-46)51(54)57-41-33-27-21-15-9-12-18-24-30-36-45(5)6/h37-38,42-45H,7-36,39-41H2,1-6H3. The molecule has 0 radical (unpaired) electrons. The Hall–Kier alpha value is -2.37. The molecule has 0 aliphatic rings. The molecule has 0 spiro atoms. The maximum atomic E-state index is 13.3. The fraction of sp³-hybridized carbons (Fsp3) is 0.824. The van der Waals surface area contributed by atoms with Gasteiger partial charge in [0.1, 0.15) is 0 Å². The fourth-order valence-corrected chi connectivity index (χ4v) is 7.43. The number of carbonyl (C=O) groups excluding carboxylic acids is 3. The molecule has 0 amide bonds. The second-order valence-electron chi connectivity index (χ2n) is 18.3. The summed E-state index contributed by atoms with van der Waals surface area (Å²) in [5, 5.41) is 0. The topological polar surface area (TPSA) is 78.9 Å². The molecule has 0 N–H and O–H groups in total. The minimum absolute atomic E-state index is 0.0736. The third kappa shape index (κ3) is 31.3. The van der Waals surface area contributed by atoms with Crippen molar-refractivity contribution in [2.45, 2.75) is 234 Å². The molecule has 0 heterocycles. The molecule has 0 aliphatic heterocycles. The van der Waals surface area contributed by atoms with Crippen molar-refractivity contribution < 1.29 is 28.6 Å². The van der Waals surface area contributed by atoms with E-state index in [2.05, 4.69) is 41.5 Å². The first-order valence-electron chi connectivity index (χ1n) is 24.3. The summed E-state index contributed by atoms with van der Waals surface area (Å²) in [6.07, 6.45) is 36.1. The molecule has 0 aliphatic carbocycles. The molecule has 0 unspecified atom stereocenters. The number of hydrogen-bond donors (Lipinski definition) is 0. The Kier molecular flexibility index (Phi) is 33.9. The van der Waals surface area contributed by atoms with E-state index in [-0.39, 0.29) is 23.3 Å². The number of hydrogen-bond acceptors (Lipinski definition) is 6. The lowest BCUT2D eigenvalue weighted by molar-refractivity contribution is 0.0447. The molecule has 0 saturated heterocycles.